The number of hydrogen-bond acceptors (Lipinski definition) is 1. The van der Waals surface area contributed by atoms with Crippen LogP contribution in [0.5, 0.6) is 0 Å². The van der Waals surface area contributed by atoms with Crippen molar-refractivity contribution in [1.29, 1.82) is 0 Å². The summed E-state index contributed by atoms with van der Waals surface area (Å²) in [6.45, 7) is 3.83. The van der Waals surface area contributed by atoms with Crippen LogP contribution in [0.2, 0.25) is 0 Å². The van der Waals surface area contributed by atoms with Crippen molar-refractivity contribution in [2.24, 2.45) is 0 Å². The third-order valence-corrected chi connectivity index (χ3v) is 6.30. The summed E-state index contributed by atoms with van der Waals surface area (Å²) in [5.41, 5.74) is 1.71. The zero-order valence-electron chi connectivity index (χ0n) is 20.3. The fraction of sp³-hybridized carbons (Fsp3) is 0.889. The molecule has 0 unspecified atom stereocenters. The number of carboxylic acids is 1. The summed E-state index contributed by atoms with van der Waals surface area (Å²) in [5.74, 6) is -0.761. The molecule has 0 aromatic carbocycles. The maximum atomic E-state index is 12.1. The normalized spacial score (nSPS) is 12.2. The average molecular weight is 427 g/mol. The highest BCUT2D eigenvalue weighted by molar-refractivity contribution is 5.86. The van der Waals surface area contributed by atoms with Crippen molar-refractivity contribution in [2.75, 3.05) is 6.67 Å². The Kier molecular flexibility index (Phi) is 22.2. The Labute approximate surface area is 187 Å². The van der Waals surface area contributed by atoms with E-state index < -0.39 is 5.97 Å². The van der Waals surface area contributed by atoms with Crippen molar-refractivity contribution in [3.63, 3.8) is 0 Å². The summed E-state index contributed by atoms with van der Waals surface area (Å²) in [5, 5.41) is 9.36. The maximum Gasteiger partial charge on any atom is 0.331 e. The first-order valence-corrected chi connectivity index (χ1v) is 13.1. The van der Waals surface area contributed by atoms with Crippen molar-refractivity contribution >= 4 is 5.97 Å². The molecule has 0 atom stereocenters. The Morgan fingerprint density at radius 1 is 0.600 bits per heavy atom. The van der Waals surface area contributed by atoms with Crippen molar-refractivity contribution in [3.8, 4) is 0 Å². The quantitative estimate of drug-likeness (QED) is 0.130. The van der Waals surface area contributed by atoms with Crippen molar-refractivity contribution in [3.05, 3.63) is 11.1 Å². The van der Waals surface area contributed by atoms with E-state index in [-0.39, 0.29) is 6.67 Å². The van der Waals surface area contributed by atoms with Crippen LogP contribution in [-0.4, -0.2) is 17.8 Å². The van der Waals surface area contributed by atoms with Gasteiger partial charge in [-0.25, -0.2) is 4.79 Å². The van der Waals surface area contributed by atoms with Gasteiger partial charge in [0.15, 0.2) is 0 Å². The van der Waals surface area contributed by atoms with E-state index in [1.165, 1.54) is 77.0 Å². The smallest absolute Gasteiger partial charge is 0.331 e. The van der Waals surface area contributed by atoms with E-state index >= 15 is 0 Å². The van der Waals surface area contributed by atoms with Gasteiger partial charge in [0.1, 0.15) is 0 Å². The summed E-state index contributed by atoms with van der Waals surface area (Å²) in [6, 6.07) is 0. The van der Waals surface area contributed by atoms with E-state index in [9.17, 15) is 14.3 Å². The molecule has 2 nitrogen and oxygen atoms in total. The molecular formula is C27H51FO2. The highest BCUT2D eigenvalue weighted by Gasteiger charge is 2.09. The van der Waals surface area contributed by atoms with Crippen LogP contribution in [0, 0.1) is 0 Å². The molecule has 0 heterocycles. The average Bonchev–Trinajstić information content (AvgIpc) is 2.74. The monoisotopic (exact) mass is 426 g/mol. The van der Waals surface area contributed by atoms with Crippen molar-refractivity contribution < 1.29 is 14.3 Å². The van der Waals surface area contributed by atoms with Gasteiger partial charge >= 0.3 is 5.97 Å². The summed E-state index contributed by atoms with van der Waals surface area (Å²) < 4.78 is 12.1. The molecule has 0 fully saturated rings. The number of alkyl halides is 1. The lowest BCUT2D eigenvalue weighted by atomic mass is 9.95. The summed E-state index contributed by atoms with van der Waals surface area (Å²) in [4.78, 5) is 11.4. The summed E-state index contributed by atoms with van der Waals surface area (Å²) >= 11 is 0. The van der Waals surface area contributed by atoms with Gasteiger partial charge in [-0.2, -0.15) is 0 Å². The minimum absolute atomic E-state index is 0.205. The van der Waals surface area contributed by atoms with Crippen molar-refractivity contribution in [1.82, 2.24) is 0 Å². The van der Waals surface area contributed by atoms with Gasteiger partial charge in [0.25, 0.3) is 0 Å². The first-order chi connectivity index (χ1) is 14.6. The molecule has 0 aliphatic heterocycles. The van der Waals surface area contributed by atoms with Crippen LogP contribution in [0.4, 0.5) is 4.39 Å². The molecule has 0 aromatic heterocycles. The molecule has 0 rings (SSSR count). The number of rotatable bonds is 23. The molecule has 0 saturated carbocycles. The second-order valence-corrected chi connectivity index (χ2v) is 9.09. The third kappa shape index (κ3) is 19.1. The molecule has 3 heteroatoms. The molecule has 0 saturated heterocycles. The fourth-order valence-corrected chi connectivity index (χ4v) is 4.15. The molecule has 0 aliphatic rings. The van der Waals surface area contributed by atoms with E-state index in [1.54, 1.807) is 6.92 Å². The van der Waals surface area contributed by atoms with Crippen molar-refractivity contribution in [2.45, 2.75) is 149 Å². The van der Waals surface area contributed by atoms with Crippen LogP contribution in [-0.2, 0) is 4.79 Å². The van der Waals surface area contributed by atoms with E-state index in [0.29, 0.717) is 12.0 Å². The topological polar surface area (TPSA) is 37.3 Å². The highest BCUT2D eigenvalue weighted by atomic mass is 19.1. The third-order valence-electron chi connectivity index (χ3n) is 6.30. The van der Waals surface area contributed by atoms with E-state index in [0.717, 1.165) is 56.9 Å². The maximum absolute atomic E-state index is 12.1. The first kappa shape index (κ1) is 29.1. The lowest BCUT2D eigenvalue weighted by Gasteiger charge is -2.11. The predicted molar refractivity (Wildman–Crippen MR) is 129 cm³/mol. The van der Waals surface area contributed by atoms with Gasteiger partial charge in [-0.3, -0.25) is 4.39 Å². The first-order valence-electron chi connectivity index (χ1n) is 13.1. The number of halogens is 1. The Bertz CT molecular complexity index is 417. The van der Waals surface area contributed by atoms with E-state index in [1.807, 2.05) is 0 Å². The van der Waals surface area contributed by atoms with Crippen LogP contribution >= 0.6 is 0 Å². The molecule has 0 aliphatic carbocycles. The van der Waals surface area contributed by atoms with Gasteiger partial charge < -0.3 is 5.11 Å². The molecule has 0 amide bonds. The lowest BCUT2D eigenvalue weighted by molar-refractivity contribution is -0.132. The van der Waals surface area contributed by atoms with Gasteiger partial charge in [-0.1, -0.05) is 115 Å². The largest absolute Gasteiger partial charge is 0.478 e. The molecule has 0 bridgehead atoms. The molecule has 0 spiro atoms. The van der Waals surface area contributed by atoms with Gasteiger partial charge in [0, 0.05) is 5.57 Å². The number of aliphatic carboxylic acids is 1. The Morgan fingerprint density at radius 2 is 0.933 bits per heavy atom. The lowest BCUT2D eigenvalue weighted by Crippen LogP contribution is -2.02. The molecule has 178 valence electrons. The van der Waals surface area contributed by atoms with E-state index in [4.69, 9.17) is 0 Å². The summed E-state index contributed by atoms with van der Waals surface area (Å²) in [6.07, 6.45) is 25.4. The van der Waals surface area contributed by atoms with Crippen LogP contribution in [0.15, 0.2) is 11.1 Å². The van der Waals surface area contributed by atoms with Crippen LogP contribution in [0.3, 0.4) is 0 Å². The molecular weight excluding hydrogens is 375 g/mol. The number of unbranched alkanes of at least 4 members (excludes halogenated alkanes) is 17. The minimum atomic E-state index is -0.761. The predicted octanol–water partition coefficient (Wildman–Crippen LogP) is 9.57. The minimum Gasteiger partial charge on any atom is -0.478 e. The zero-order valence-corrected chi connectivity index (χ0v) is 20.3. The van der Waals surface area contributed by atoms with Crippen LogP contribution in [0.1, 0.15) is 149 Å². The van der Waals surface area contributed by atoms with Crippen LogP contribution < -0.4 is 0 Å². The Balaban J connectivity index is 3.74. The SMILES string of the molecule is CCCCCCCCCCCCCCCC(CCCCCCCCF)=C(C)C(=O)O. The Hall–Kier alpha value is -0.860. The fourth-order valence-electron chi connectivity index (χ4n) is 4.15. The second kappa shape index (κ2) is 22.8. The van der Waals surface area contributed by atoms with Gasteiger partial charge in [0.05, 0.1) is 6.67 Å². The standard InChI is InChI=1S/C27H51FO2/c1-3-4-5-6-7-8-9-10-11-12-13-16-19-22-26(25(2)27(29)30)23-20-17-14-15-18-21-24-28/h3-24H2,1-2H3,(H,29,30). The van der Waals surface area contributed by atoms with Gasteiger partial charge in [-0.15, -0.1) is 0 Å². The number of carbonyl (C=O) groups is 1. The number of carboxylic acid groups (broad SMARTS) is 1. The Morgan fingerprint density at radius 3 is 1.27 bits per heavy atom. The van der Waals surface area contributed by atoms with Gasteiger partial charge in [-0.05, 0) is 39.0 Å². The highest BCUT2D eigenvalue weighted by Crippen LogP contribution is 2.22. The molecule has 0 radical (unpaired) electrons. The van der Waals surface area contributed by atoms with Gasteiger partial charge in [0.2, 0.25) is 0 Å². The number of allylic oxidation sites excluding steroid dienone is 1. The second-order valence-electron chi connectivity index (χ2n) is 9.09. The zero-order chi connectivity index (χ0) is 22.3. The molecule has 30 heavy (non-hydrogen) atoms. The summed E-state index contributed by atoms with van der Waals surface area (Å²) in [7, 11) is 0. The van der Waals surface area contributed by atoms with Crippen LogP contribution in [0.25, 0.3) is 0 Å². The molecule has 0 aromatic rings. The molecule has 1 N–H and O–H groups in total. The van der Waals surface area contributed by atoms with E-state index in [2.05, 4.69) is 6.92 Å². The number of hydrogen-bond donors (Lipinski definition) is 1.